The van der Waals surface area contributed by atoms with Crippen LogP contribution < -0.4 is 0 Å². The smallest absolute Gasteiger partial charge is 0.0163 e. The van der Waals surface area contributed by atoms with E-state index in [1.165, 1.54) is 37.6 Å². The van der Waals surface area contributed by atoms with Crippen molar-refractivity contribution in [3.05, 3.63) is 145 Å². The van der Waals surface area contributed by atoms with Gasteiger partial charge in [-0.2, -0.15) is 0 Å². The molecule has 0 saturated heterocycles. The third-order valence-electron chi connectivity index (χ3n) is 7.08. The van der Waals surface area contributed by atoms with Crippen LogP contribution in [0.15, 0.2) is 137 Å². The third-order valence-corrected chi connectivity index (χ3v) is 8.21. The number of aromatic nitrogens is 2. The van der Waals surface area contributed by atoms with Crippen molar-refractivity contribution in [3.63, 3.8) is 0 Å². The van der Waals surface area contributed by atoms with Crippen LogP contribution in [0.4, 0.5) is 0 Å². The normalized spacial score (nSPS) is 11.4. The molecule has 6 aromatic rings. The molecular weight excluding hydrogens is 709 g/mol. The Hall–Kier alpha value is -3.82. The van der Waals surface area contributed by atoms with Crippen molar-refractivity contribution in [1.29, 1.82) is 0 Å². The Balaban J connectivity index is 0.000000228. The van der Waals surface area contributed by atoms with Gasteiger partial charge in [0.15, 0.2) is 0 Å². The second kappa shape index (κ2) is 13.0. The minimum Gasteiger partial charge on any atom is -0.305 e. The fourth-order valence-electron chi connectivity index (χ4n) is 4.89. The Morgan fingerprint density at radius 2 is 1.26 bits per heavy atom. The molecule has 0 unspecified atom stereocenters. The zero-order valence-electron chi connectivity index (χ0n) is 23.8. The largest absolute Gasteiger partial charge is 0.305 e. The molecule has 4 aromatic carbocycles. The molecule has 0 bridgehead atoms. The molecule has 1 aliphatic rings. The maximum Gasteiger partial charge on any atom is 0.0163 e. The topological polar surface area (TPSA) is 25.8 Å². The van der Waals surface area contributed by atoms with E-state index >= 15 is 0 Å². The first-order valence-corrected chi connectivity index (χ1v) is 14.6. The summed E-state index contributed by atoms with van der Waals surface area (Å²) in [6, 6.07) is 46.3. The van der Waals surface area contributed by atoms with Crippen LogP contribution in [0.5, 0.6) is 0 Å². The number of benzene rings is 4. The maximum absolute atomic E-state index is 4.65. The minimum atomic E-state index is 0. The number of nitrogens with zero attached hydrogens (tertiary/aromatic N) is 2. The Labute approximate surface area is 266 Å². The average molecular weight is 739 g/mol. The summed E-state index contributed by atoms with van der Waals surface area (Å²) in [7, 11) is 0. The minimum absolute atomic E-state index is 0. The van der Waals surface area contributed by atoms with Crippen molar-refractivity contribution in [3.8, 4) is 44.8 Å². The van der Waals surface area contributed by atoms with Gasteiger partial charge < -0.3 is 9.97 Å². The van der Waals surface area contributed by atoms with Gasteiger partial charge in [0, 0.05) is 37.4 Å². The number of pyridine rings is 2. The van der Waals surface area contributed by atoms with Crippen LogP contribution >= 0.6 is 11.8 Å². The fourth-order valence-corrected chi connectivity index (χ4v) is 5.96. The van der Waals surface area contributed by atoms with Gasteiger partial charge in [0.1, 0.15) is 0 Å². The zero-order valence-corrected chi connectivity index (χ0v) is 27.0. The van der Waals surface area contributed by atoms with Crippen LogP contribution in [-0.4, -0.2) is 9.97 Å². The molecule has 0 amide bonds. The van der Waals surface area contributed by atoms with Crippen LogP contribution in [0.2, 0.25) is 0 Å². The molecule has 0 spiro atoms. The number of hydrogen-bond donors (Lipinski definition) is 0. The molecule has 0 N–H and O–H groups in total. The number of rotatable bonds is 2. The Morgan fingerprint density at radius 3 is 1.98 bits per heavy atom. The molecule has 1 aliphatic heterocycles. The molecule has 7 rings (SSSR count). The van der Waals surface area contributed by atoms with E-state index in [0.717, 1.165) is 22.5 Å². The standard InChI is InChI=1S/C27H22NS.C11H8N.Ir/c1-27(2,3)19-14-15-28-24(17-19)18-12-13-26-23(16-18)21-9-5-4-8-20(21)22-10-6-7-11-25(22)29-26;1-2-6-10(7-3-1)11-8-4-5-9-12-11;/h4-11,13-17H,1-3H3;1-6,8-9H;/q2*-1;. The number of fused-ring (bicyclic) bond motifs is 5. The second-order valence-electron chi connectivity index (χ2n) is 10.9. The molecule has 2 nitrogen and oxygen atoms in total. The SMILES string of the molecule is CC(C)(C)c1ccnc(-c2[c-]cc3c(c2)-c2ccccc2-c2ccccc2S3)c1.[Ir].[c-]1ccccc1-c1ccccn1. The van der Waals surface area contributed by atoms with E-state index in [9.17, 15) is 0 Å². The van der Waals surface area contributed by atoms with E-state index in [1.54, 1.807) is 6.20 Å². The van der Waals surface area contributed by atoms with Gasteiger partial charge in [-0.05, 0) is 57.3 Å². The van der Waals surface area contributed by atoms with Gasteiger partial charge in [0.2, 0.25) is 0 Å². The van der Waals surface area contributed by atoms with Crippen LogP contribution in [0.1, 0.15) is 26.3 Å². The molecule has 42 heavy (non-hydrogen) atoms. The Kier molecular flexibility index (Phi) is 9.18. The summed E-state index contributed by atoms with van der Waals surface area (Å²) in [5.41, 5.74) is 10.5. The zero-order chi connectivity index (χ0) is 28.2. The molecule has 0 aliphatic carbocycles. The molecule has 1 radical (unpaired) electrons. The number of hydrogen-bond acceptors (Lipinski definition) is 3. The van der Waals surface area contributed by atoms with Crippen molar-refractivity contribution < 1.29 is 20.1 Å². The van der Waals surface area contributed by atoms with E-state index in [1.807, 2.05) is 60.4 Å². The summed E-state index contributed by atoms with van der Waals surface area (Å²) >= 11 is 1.82. The van der Waals surface area contributed by atoms with Gasteiger partial charge in [-0.3, -0.25) is 0 Å². The monoisotopic (exact) mass is 739 g/mol. The molecule has 3 heterocycles. The van der Waals surface area contributed by atoms with Gasteiger partial charge in [-0.25, -0.2) is 0 Å². The van der Waals surface area contributed by atoms with Crippen molar-refractivity contribution in [2.24, 2.45) is 0 Å². The summed E-state index contributed by atoms with van der Waals surface area (Å²) in [4.78, 5) is 11.4. The van der Waals surface area contributed by atoms with Crippen LogP contribution in [0, 0.1) is 12.1 Å². The Bertz CT molecular complexity index is 1760. The maximum atomic E-state index is 4.65. The third kappa shape index (κ3) is 6.47. The van der Waals surface area contributed by atoms with Crippen LogP contribution in [-0.2, 0) is 25.5 Å². The summed E-state index contributed by atoms with van der Waals surface area (Å²) < 4.78 is 0. The fraction of sp³-hybridized carbons (Fsp3) is 0.105. The predicted octanol–water partition coefficient (Wildman–Crippen LogP) is 10.2. The Morgan fingerprint density at radius 1 is 0.571 bits per heavy atom. The average Bonchev–Trinajstić information content (AvgIpc) is 3.16. The van der Waals surface area contributed by atoms with Crippen molar-refractivity contribution in [2.45, 2.75) is 36.0 Å². The summed E-state index contributed by atoms with van der Waals surface area (Å²) in [6.45, 7) is 6.70. The van der Waals surface area contributed by atoms with Crippen molar-refractivity contribution >= 4 is 11.8 Å². The van der Waals surface area contributed by atoms with Crippen LogP contribution in [0.3, 0.4) is 0 Å². The van der Waals surface area contributed by atoms with E-state index in [0.29, 0.717) is 0 Å². The first kappa shape index (κ1) is 29.7. The summed E-state index contributed by atoms with van der Waals surface area (Å²) in [6.07, 6.45) is 3.70. The first-order valence-electron chi connectivity index (χ1n) is 13.7. The molecule has 0 atom stereocenters. The summed E-state index contributed by atoms with van der Waals surface area (Å²) in [5, 5.41) is 0. The predicted molar refractivity (Wildman–Crippen MR) is 171 cm³/mol. The first-order chi connectivity index (χ1) is 20.0. The van der Waals surface area contributed by atoms with Gasteiger partial charge in [0.25, 0.3) is 0 Å². The quantitative estimate of drug-likeness (QED) is 0.165. The summed E-state index contributed by atoms with van der Waals surface area (Å²) in [5.74, 6) is 0. The van der Waals surface area contributed by atoms with E-state index in [4.69, 9.17) is 0 Å². The van der Waals surface area contributed by atoms with E-state index in [-0.39, 0.29) is 25.5 Å². The molecule has 209 valence electrons. The molecule has 0 saturated carbocycles. The van der Waals surface area contributed by atoms with Gasteiger partial charge in [-0.15, -0.1) is 71.4 Å². The molecule has 0 fully saturated rings. The van der Waals surface area contributed by atoms with Gasteiger partial charge in [0.05, 0.1) is 0 Å². The van der Waals surface area contributed by atoms with Gasteiger partial charge >= 0.3 is 0 Å². The van der Waals surface area contributed by atoms with E-state index in [2.05, 4.69) is 116 Å². The second-order valence-corrected chi connectivity index (χ2v) is 12.0. The molecule has 4 heteroatoms. The van der Waals surface area contributed by atoms with Gasteiger partial charge in [-0.1, -0.05) is 91.9 Å². The molecule has 2 aromatic heterocycles. The van der Waals surface area contributed by atoms with Crippen molar-refractivity contribution in [1.82, 2.24) is 9.97 Å². The molecular formula is C38H30IrN2S-2. The van der Waals surface area contributed by atoms with E-state index < -0.39 is 0 Å². The van der Waals surface area contributed by atoms with Crippen molar-refractivity contribution in [2.75, 3.05) is 0 Å². The van der Waals surface area contributed by atoms with Crippen LogP contribution in [0.25, 0.3) is 44.8 Å².